The molecule has 166 valence electrons. The number of hydrogen-bond acceptors (Lipinski definition) is 5. The van der Waals surface area contributed by atoms with Gasteiger partial charge in [-0.3, -0.25) is 19.1 Å². The number of halogens is 1. The number of fused-ring (bicyclic) bond motifs is 1. The number of rotatable bonds is 8. The summed E-state index contributed by atoms with van der Waals surface area (Å²) in [7, 11) is 0. The minimum Gasteiger partial charge on any atom is -0.351 e. The van der Waals surface area contributed by atoms with Gasteiger partial charge in [-0.2, -0.15) is 0 Å². The average Bonchev–Trinajstić information content (AvgIpc) is 3.21. The fourth-order valence-electron chi connectivity index (χ4n) is 3.91. The summed E-state index contributed by atoms with van der Waals surface area (Å²) in [5.41, 5.74) is 1.64. The molecule has 1 aliphatic rings. The second-order valence-electron chi connectivity index (χ2n) is 7.82. The molecule has 1 aromatic heterocycles. The Morgan fingerprint density at radius 3 is 2.88 bits per heavy atom. The predicted octanol–water partition coefficient (Wildman–Crippen LogP) is 3.72. The number of amides is 1. The standard InChI is InChI=1S/C24H25ClN4O2S/c1-2-11-29-23(31)20-9-8-18(25)13-21(20)27-24(29)32-16-22(30)26-19-10-12-28(15-19)14-17-6-4-3-5-7-17/h2-9,13,19H,1,10-12,14-16H2,(H,26,30). The highest BCUT2D eigenvalue weighted by molar-refractivity contribution is 7.99. The van der Waals surface area contributed by atoms with Crippen molar-refractivity contribution in [3.8, 4) is 0 Å². The fraction of sp³-hybridized carbons (Fsp3) is 0.292. The molecule has 8 heteroatoms. The van der Waals surface area contributed by atoms with E-state index >= 15 is 0 Å². The topological polar surface area (TPSA) is 67.2 Å². The van der Waals surface area contributed by atoms with Crippen LogP contribution in [0.25, 0.3) is 10.9 Å². The molecule has 4 rings (SSSR count). The Labute approximate surface area is 196 Å². The van der Waals surface area contributed by atoms with Crippen LogP contribution in [0, 0.1) is 0 Å². The van der Waals surface area contributed by atoms with Gasteiger partial charge >= 0.3 is 0 Å². The van der Waals surface area contributed by atoms with Crippen LogP contribution in [0.15, 0.2) is 71.1 Å². The minimum absolute atomic E-state index is 0.0628. The Hall–Kier alpha value is -2.61. The van der Waals surface area contributed by atoms with Gasteiger partial charge in [-0.05, 0) is 30.2 Å². The molecule has 0 aliphatic carbocycles. The van der Waals surface area contributed by atoms with Gasteiger partial charge in [0.2, 0.25) is 5.91 Å². The number of aromatic nitrogens is 2. The summed E-state index contributed by atoms with van der Waals surface area (Å²) in [6.07, 6.45) is 2.58. The molecule has 6 nitrogen and oxygen atoms in total. The maximum atomic E-state index is 12.9. The Balaban J connectivity index is 1.38. The normalized spacial score (nSPS) is 16.3. The van der Waals surface area contributed by atoms with Crippen LogP contribution in [0.2, 0.25) is 5.02 Å². The third-order valence-electron chi connectivity index (χ3n) is 5.41. The van der Waals surface area contributed by atoms with Gasteiger partial charge in [0, 0.05) is 37.2 Å². The van der Waals surface area contributed by atoms with Crippen molar-refractivity contribution < 1.29 is 4.79 Å². The van der Waals surface area contributed by atoms with Crippen molar-refractivity contribution in [1.29, 1.82) is 0 Å². The van der Waals surface area contributed by atoms with Gasteiger partial charge in [0.15, 0.2) is 5.16 Å². The second-order valence-corrected chi connectivity index (χ2v) is 9.20. The van der Waals surface area contributed by atoms with E-state index < -0.39 is 0 Å². The van der Waals surface area contributed by atoms with Gasteiger partial charge in [0.05, 0.1) is 16.7 Å². The van der Waals surface area contributed by atoms with Gasteiger partial charge in [0.1, 0.15) is 0 Å². The van der Waals surface area contributed by atoms with Crippen LogP contribution in [0.3, 0.4) is 0 Å². The predicted molar refractivity (Wildman–Crippen MR) is 130 cm³/mol. The first kappa shape index (κ1) is 22.6. The number of likely N-dealkylation sites (tertiary alicyclic amines) is 1. The number of hydrogen-bond donors (Lipinski definition) is 1. The molecule has 32 heavy (non-hydrogen) atoms. The van der Waals surface area contributed by atoms with Crippen molar-refractivity contribution in [2.24, 2.45) is 0 Å². The van der Waals surface area contributed by atoms with Crippen LogP contribution in [-0.2, 0) is 17.9 Å². The molecule has 0 spiro atoms. The summed E-state index contributed by atoms with van der Waals surface area (Å²) in [4.78, 5) is 32.4. The smallest absolute Gasteiger partial charge is 0.262 e. The molecule has 1 aliphatic heterocycles. The number of carbonyl (C=O) groups excluding carboxylic acids is 1. The lowest BCUT2D eigenvalue weighted by Gasteiger charge is -2.17. The highest BCUT2D eigenvalue weighted by Crippen LogP contribution is 2.21. The Kier molecular flexibility index (Phi) is 7.29. The maximum Gasteiger partial charge on any atom is 0.262 e. The van der Waals surface area contributed by atoms with Crippen molar-refractivity contribution in [2.45, 2.75) is 30.7 Å². The molecule has 1 fully saturated rings. The van der Waals surface area contributed by atoms with E-state index in [2.05, 4.69) is 33.9 Å². The van der Waals surface area contributed by atoms with Gasteiger partial charge < -0.3 is 5.32 Å². The molecule has 1 atom stereocenters. The van der Waals surface area contributed by atoms with Crippen LogP contribution in [-0.4, -0.2) is 45.2 Å². The van der Waals surface area contributed by atoms with Crippen LogP contribution in [0.5, 0.6) is 0 Å². The van der Waals surface area contributed by atoms with E-state index in [0.717, 1.165) is 26.1 Å². The summed E-state index contributed by atoms with van der Waals surface area (Å²) in [6, 6.07) is 15.5. The zero-order chi connectivity index (χ0) is 22.5. The van der Waals surface area contributed by atoms with E-state index in [9.17, 15) is 9.59 Å². The summed E-state index contributed by atoms with van der Waals surface area (Å²) in [6.45, 7) is 6.73. The van der Waals surface area contributed by atoms with Gasteiger partial charge in [-0.1, -0.05) is 59.8 Å². The zero-order valence-corrected chi connectivity index (χ0v) is 19.2. The lowest BCUT2D eigenvalue weighted by molar-refractivity contribution is -0.119. The molecular weight excluding hydrogens is 444 g/mol. The first-order valence-electron chi connectivity index (χ1n) is 10.5. The quantitative estimate of drug-likeness (QED) is 0.310. The number of benzene rings is 2. The minimum atomic E-state index is -0.165. The molecular formula is C24H25ClN4O2S. The van der Waals surface area contributed by atoms with E-state index in [1.165, 1.54) is 17.3 Å². The molecule has 1 saturated heterocycles. The molecule has 0 saturated carbocycles. The van der Waals surface area contributed by atoms with Crippen molar-refractivity contribution in [3.63, 3.8) is 0 Å². The number of nitrogens with zero attached hydrogens (tertiary/aromatic N) is 3. The third-order valence-corrected chi connectivity index (χ3v) is 6.62. The van der Waals surface area contributed by atoms with Crippen molar-refractivity contribution in [1.82, 2.24) is 19.8 Å². The monoisotopic (exact) mass is 468 g/mol. The van der Waals surface area contributed by atoms with Crippen LogP contribution in [0.1, 0.15) is 12.0 Å². The summed E-state index contributed by atoms with van der Waals surface area (Å²) in [5.74, 6) is 0.123. The molecule has 0 radical (unpaired) electrons. The van der Waals surface area contributed by atoms with E-state index in [1.54, 1.807) is 28.8 Å². The van der Waals surface area contributed by atoms with Gasteiger partial charge in [-0.25, -0.2) is 4.98 Å². The largest absolute Gasteiger partial charge is 0.351 e. The van der Waals surface area contributed by atoms with Crippen LogP contribution in [0.4, 0.5) is 0 Å². The number of nitrogens with one attached hydrogen (secondary N) is 1. The summed E-state index contributed by atoms with van der Waals surface area (Å²) >= 11 is 7.32. The molecule has 1 N–H and O–H groups in total. The fourth-order valence-corrected chi connectivity index (χ4v) is 4.90. The summed E-state index contributed by atoms with van der Waals surface area (Å²) < 4.78 is 1.54. The Bertz CT molecular complexity index is 1180. The van der Waals surface area contributed by atoms with Gasteiger partial charge in [-0.15, -0.1) is 6.58 Å². The molecule has 1 unspecified atom stereocenters. The maximum absolute atomic E-state index is 12.9. The first-order chi connectivity index (χ1) is 15.5. The SMILES string of the molecule is C=CCn1c(SCC(=O)NC2CCN(Cc3ccccc3)C2)nc2cc(Cl)ccc2c1=O. The Morgan fingerprint density at radius 2 is 2.09 bits per heavy atom. The van der Waals surface area contributed by atoms with Crippen LogP contribution < -0.4 is 10.9 Å². The number of allylic oxidation sites excluding steroid dienone is 1. The van der Waals surface area contributed by atoms with Gasteiger partial charge in [0.25, 0.3) is 5.56 Å². The molecule has 0 bridgehead atoms. The van der Waals surface area contributed by atoms with E-state index in [0.29, 0.717) is 27.6 Å². The highest BCUT2D eigenvalue weighted by atomic mass is 35.5. The molecule has 2 aromatic carbocycles. The van der Waals surface area contributed by atoms with Crippen molar-refractivity contribution >= 4 is 40.2 Å². The van der Waals surface area contributed by atoms with E-state index in [-0.39, 0.29) is 23.3 Å². The van der Waals surface area contributed by atoms with Crippen molar-refractivity contribution in [3.05, 3.63) is 82.1 Å². The second kappa shape index (κ2) is 10.3. The number of thioether (sulfide) groups is 1. The van der Waals surface area contributed by atoms with Crippen molar-refractivity contribution in [2.75, 3.05) is 18.8 Å². The van der Waals surface area contributed by atoms with E-state index in [4.69, 9.17) is 11.6 Å². The lowest BCUT2D eigenvalue weighted by atomic mass is 10.2. The Morgan fingerprint density at radius 1 is 1.28 bits per heavy atom. The zero-order valence-electron chi connectivity index (χ0n) is 17.7. The summed E-state index contributed by atoms with van der Waals surface area (Å²) in [5, 5.41) is 4.61. The lowest BCUT2D eigenvalue weighted by Crippen LogP contribution is -2.38. The number of carbonyl (C=O) groups is 1. The van der Waals surface area contributed by atoms with Crippen LogP contribution >= 0.6 is 23.4 Å². The first-order valence-corrected chi connectivity index (χ1v) is 11.9. The molecule has 1 amide bonds. The van der Waals surface area contributed by atoms with E-state index in [1.807, 2.05) is 18.2 Å². The highest BCUT2D eigenvalue weighted by Gasteiger charge is 2.24. The average molecular weight is 469 g/mol. The molecule has 3 aromatic rings. The third kappa shape index (κ3) is 5.41. The molecule has 2 heterocycles.